The molecule has 0 spiro atoms. The van der Waals surface area contributed by atoms with E-state index in [4.69, 9.17) is 0 Å². The third kappa shape index (κ3) is 6.40. The van der Waals surface area contributed by atoms with Crippen molar-refractivity contribution in [3.63, 3.8) is 0 Å². The van der Waals surface area contributed by atoms with E-state index in [1.54, 1.807) is 13.0 Å². The number of anilines is 1. The van der Waals surface area contributed by atoms with E-state index in [1.165, 1.54) is 51.4 Å². The van der Waals surface area contributed by atoms with E-state index < -0.39 is 0 Å². The van der Waals surface area contributed by atoms with E-state index in [0.717, 1.165) is 5.69 Å². The van der Waals surface area contributed by atoms with Crippen LogP contribution in [0.5, 0.6) is 0 Å². The van der Waals surface area contributed by atoms with Gasteiger partial charge in [-0.15, -0.1) is 0 Å². The number of benzene rings is 1. The lowest BCUT2D eigenvalue weighted by Gasteiger charge is -2.20. The van der Waals surface area contributed by atoms with Crippen LogP contribution in [0, 0.1) is 12.7 Å². The van der Waals surface area contributed by atoms with Crippen LogP contribution in [0.1, 0.15) is 70.8 Å². The zero-order valence-electron chi connectivity index (χ0n) is 13.3. The average Bonchev–Trinajstić information content (AvgIpc) is 2.43. The van der Waals surface area contributed by atoms with E-state index in [-0.39, 0.29) is 5.82 Å². The van der Waals surface area contributed by atoms with Gasteiger partial charge >= 0.3 is 0 Å². The Bertz CT molecular complexity index is 366. The number of hydrogen-bond donors (Lipinski definition) is 1. The lowest BCUT2D eigenvalue weighted by Crippen LogP contribution is -2.19. The molecule has 20 heavy (non-hydrogen) atoms. The highest BCUT2D eigenvalue weighted by atomic mass is 19.1. The predicted octanol–water partition coefficient (Wildman–Crippen LogP) is 6.08. The summed E-state index contributed by atoms with van der Waals surface area (Å²) in [5.41, 5.74) is 1.63. The van der Waals surface area contributed by atoms with E-state index in [2.05, 4.69) is 19.2 Å². The number of unbranched alkanes of at least 4 members (excludes halogenated alkanes) is 4. The molecule has 0 aliphatic heterocycles. The van der Waals surface area contributed by atoms with E-state index in [1.807, 2.05) is 12.1 Å². The van der Waals surface area contributed by atoms with Gasteiger partial charge in [0.05, 0.1) is 0 Å². The first-order valence-electron chi connectivity index (χ1n) is 8.20. The summed E-state index contributed by atoms with van der Waals surface area (Å²) in [6.45, 7) is 6.27. The largest absolute Gasteiger partial charge is 0.382 e. The molecule has 1 aromatic carbocycles. The fourth-order valence-corrected chi connectivity index (χ4v) is 2.49. The van der Waals surface area contributed by atoms with Crippen LogP contribution in [0.25, 0.3) is 0 Å². The number of rotatable bonds is 10. The highest BCUT2D eigenvalue weighted by Crippen LogP contribution is 2.19. The Labute approximate surface area is 124 Å². The molecule has 1 aromatic rings. The molecule has 0 amide bonds. The minimum absolute atomic E-state index is 0.115. The summed E-state index contributed by atoms with van der Waals surface area (Å²) in [6.07, 6.45) is 9.97. The Hall–Kier alpha value is -1.05. The van der Waals surface area contributed by atoms with Crippen molar-refractivity contribution in [2.75, 3.05) is 5.32 Å². The first kappa shape index (κ1) is 17.0. The zero-order valence-corrected chi connectivity index (χ0v) is 13.3. The van der Waals surface area contributed by atoms with Gasteiger partial charge in [0.2, 0.25) is 0 Å². The van der Waals surface area contributed by atoms with Crippen molar-refractivity contribution in [3.05, 3.63) is 29.6 Å². The molecular weight excluding hydrogens is 249 g/mol. The molecular formula is C18H30FN. The SMILES string of the molecule is CCCCCC(CCCCC)Nc1ccc(C)c(F)c1. The van der Waals surface area contributed by atoms with Crippen LogP contribution in [0.4, 0.5) is 10.1 Å². The molecule has 1 rings (SSSR count). The number of aryl methyl sites for hydroxylation is 1. The van der Waals surface area contributed by atoms with Gasteiger partial charge in [-0.2, -0.15) is 0 Å². The molecule has 0 saturated heterocycles. The van der Waals surface area contributed by atoms with Crippen LogP contribution in [0.2, 0.25) is 0 Å². The van der Waals surface area contributed by atoms with Crippen molar-refractivity contribution in [2.24, 2.45) is 0 Å². The molecule has 0 aromatic heterocycles. The summed E-state index contributed by atoms with van der Waals surface area (Å²) in [5, 5.41) is 3.52. The molecule has 0 bridgehead atoms. The first-order chi connectivity index (χ1) is 9.67. The van der Waals surface area contributed by atoms with Crippen molar-refractivity contribution in [1.82, 2.24) is 0 Å². The smallest absolute Gasteiger partial charge is 0.128 e. The highest BCUT2D eigenvalue weighted by Gasteiger charge is 2.09. The number of nitrogens with one attached hydrogen (secondary N) is 1. The van der Waals surface area contributed by atoms with Crippen molar-refractivity contribution in [2.45, 2.75) is 78.2 Å². The molecule has 0 aliphatic carbocycles. The van der Waals surface area contributed by atoms with Gasteiger partial charge in [0.25, 0.3) is 0 Å². The Morgan fingerprint density at radius 1 is 1.00 bits per heavy atom. The average molecular weight is 279 g/mol. The van der Waals surface area contributed by atoms with Gasteiger partial charge in [-0.25, -0.2) is 4.39 Å². The van der Waals surface area contributed by atoms with Crippen molar-refractivity contribution >= 4 is 5.69 Å². The van der Waals surface area contributed by atoms with Gasteiger partial charge < -0.3 is 5.32 Å². The standard InChI is InChI=1S/C18H30FN/c1-4-6-8-10-16(11-9-7-5-2)20-17-13-12-15(3)18(19)14-17/h12-14,16,20H,4-11H2,1-3H3. The van der Waals surface area contributed by atoms with Crippen LogP contribution in [0.3, 0.4) is 0 Å². The lowest BCUT2D eigenvalue weighted by atomic mass is 10.0. The molecule has 0 saturated carbocycles. The summed E-state index contributed by atoms with van der Waals surface area (Å²) in [5.74, 6) is -0.115. The molecule has 1 N–H and O–H groups in total. The van der Waals surface area contributed by atoms with Gasteiger partial charge in [0.1, 0.15) is 5.82 Å². The van der Waals surface area contributed by atoms with E-state index in [0.29, 0.717) is 11.6 Å². The van der Waals surface area contributed by atoms with Gasteiger partial charge in [-0.3, -0.25) is 0 Å². The maximum atomic E-state index is 13.6. The highest BCUT2D eigenvalue weighted by molar-refractivity contribution is 5.45. The van der Waals surface area contributed by atoms with Crippen molar-refractivity contribution in [3.8, 4) is 0 Å². The van der Waals surface area contributed by atoms with Crippen LogP contribution in [0.15, 0.2) is 18.2 Å². The third-order valence-corrected chi connectivity index (χ3v) is 3.85. The zero-order chi connectivity index (χ0) is 14.8. The minimum atomic E-state index is -0.115. The molecule has 0 fully saturated rings. The molecule has 1 nitrogen and oxygen atoms in total. The molecule has 114 valence electrons. The molecule has 0 atom stereocenters. The summed E-state index contributed by atoms with van der Waals surface area (Å²) in [7, 11) is 0. The fourth-order valence-electron chi connectivity index (χ4n) is 2.49. The molecule has 2 heteroatoms. The number of hydrogen-bond acceptors (Lipinski definition) is 1. The Morgan fingerprint density at radius 2 is 1.60 bits per heavy atom. The predicted molar refractivity (Wildman–Crippen MR) is 86.8 cm³/mol. The molecule has 0 radical (unpaired) electrons. The Kier molecular flexibility index (Phi) is 8.32. The monoisotopic (exact) mass is 279 g/mol. The molecule has 0 heterocycles. The second-order valence-electron chi connectivity index (χ2n) is 5.80. The maximum Gasteiger partial charge on any atom is 0.128 e. The first-order valence-corrected chi connectivity index (χ1v) is 8.20. The quantitative estimate of drug-likeness (QED) is 0.512. The van der Waals surface area contributed by atoms with Gasteiger partial charge in [-0.05, 0) is 37.5 Å². The third-order valence-electron chi connectivity index (χ3n) is 3.85. The molecule has 0 aliphatic rings. The summed E-state index contributed by atoms with van der Waals surface area (Å²) in [6, 6.07) is 5.95. The van der Waals surface area contributed by atoms with Crippen LogP contribution in [-0.4, -0.2) is 6.04 Å². The van der Waals surface area contributed by atoms with Crippen LogP contribution >= 0.6 is 0 Å². The van der Waals surface area contributed by atoms with Gasteiger partial charge in [0.15, 0.2) is 0 Å². The van der Waals surface area contributed by atoms with E-state index >= 15 is 0 Å². The van der Waals surface area contributed by atoms with E-state index in [9.17, 15) is 4.39 Å². The Morgan fingerprint density at radius 3 is 2.10 bits per heavy atom. The minimum Gasteiger partial charge on any atom is -0.382 e. The fraction of sp³-hybridized carbons (Fsp3) is 0.667. The topological polar surface area (TPSA) is 12.0 Å². The van der Waals surface area contributed by atoms with Gasteiger partial charge in [0, 0.05) is 11.7 Å². The second-order valence-corrected chi connectivity index (χ2v) is 5.80. The summed E-state index contributed by atoms with van der Waals surface area (Å²) < 4.78 is 13.6. The van der Waals surface area contributed by atoms with Crippen molar-refractivity contribution in [1.29, 1.82) is 0 Å². The lowest BCUT2D eigenvalue weighted by molar-refractivity contribution is 0.526. The van der Waals surface area contributed by atoms with Gasteiger partial charge in [-0.1, -0.05) is 58.4 Å². The van der Waals surface area contributed by atoms with Crippen molar-refractivity contribution < 1.29 is 4.39 Å². The summed E-state index contributed by atoms with van der Waals surface area (Å²) >= 11 is 0. The molecule has 0 unspecified atom stereocenters. The summed E-state index contributed by atoms with van der Waals surface area (Å²) in [4.78, 5) is 0. The normalized spacial score (nSPS) is 11.1. The van der Waals surface area contributed by atoms with Crippen LogP contribution < -0.4 is 5.32 Å². The Balaban J connectivity index is 2.54. The number of halogens is 1. The van der Waals surface area contributed by atoms with Crippen LogP contribution in [-0.2, 0) is 0 Å². The maximum absolute atomic E-state index is 13.6. The second kappa shape index (κ2) is 9.79.